The molecule has 78 valence electrons. The first-order valence-electron chi connectivity index (χ1n) is 4.58. The maximum atomic E-state index is 10.4. The third-order valence-electron chi connectivity index (χ3n) is 1.76. The van der Waals surface area contributed by atoms with Gasteiger partial charge in [-0.3, -0.25) is 0 Å². The molecule has 15 heavy (non-hydrogen) atoms. The fourth-order valence-electron chi connectivity index (χ4n) is 0.898. The first-order valence-corrected chi connectivity index (χ1v) is 4.58. The second kappa shape index (κ2) is 5.84. The van der Waals surface area contributed by atoms with E-state index in [2.05, 4.69) is 11.8 Å². The van der Waals surface area contributed by atoms with E-state index in [-0.39, 0.29) is 6.61 Å². The minimum absolute atomic E-state index is 0.127. The molecular formula is C12H12O3. The molecule has 0 aliphatic heterocycles. The highest BCUT2D eigenvalue weighted by Gasteiger charge is 2.08. The van der Waals surface area contributed by atoms with Gasteiger partial charge in [-0.1, -0.05) is 30.0 Å². The van der Waals surface area contributed by atoms with E-state index in [1.807, 2.05) is 30.3 Å². The zero-order chi connectivity index (χ0) is 11.1. The van der Waals surface area contributed by atoms with Crippen molar-refractivity contribution in [3.8, 4) is 11.8 Å². The summed E-state index contributed by atoms with van der Waals surface area (Å²) in [5.74, 6) is 4.65. The lowest BCUT2D eigenvalue weighted by atomic mass is 10.2. The molecule has 0 aliphatic rings. The molecule has 0 bridgehead atoms. The molecule has 0 saturated carbocycles. The van der Waals surface area contributed by atoms with Gasteiger partial charge in [0.15, 0.2) is 6.10 Å². The lowest BCUT2D eigenvalue weighted by Crippen LogP contribution is -2.19. The van der Waals surface area contributed by atoms with Crippen molar-refractivity contribution in [3.05, 3.63) is 35.9 Å². The average Bonchev–Trinajstić information content (AvgIpc) is 2.25. The summed E-state index contributed by atoms with van der Waals surface area (Å²) in [6.07, 6.45) is -0.810. The molecule has 0 unspecified atom stereocenters. The molecule has 1 aromatic rings. The van der Waals surface area contributed by atoms with Gasteiger partial charge in [0.05, 0.1) is 0 Å². The Morgan fingerprint density at radius 3 is 2.73 bits per heavy atom. The van der Waals surface area contributed by atoms with Crippen LogP contribution in [0.1, 0.15) is 12.5 Å². The van der Waals surface area contributed by atoms with Crippen molar-refractivity contribution in [1.82, 2.24) is 0 Å². The number of carbonyl (C=O) groups is 1. The molecule has 0 fully saturated rings. The van der Waals surface area contributed by atoms with E-state index >= 15 is 0 Å². The van der Waals surface area contributed by atoms with Crippen molar-refractivity contribution in [1.29, 1.82) is 0 Å². The molecule has 1 rings (SSSR count). The third-order valence-corrected chi connectivity index (χ3v) is 1.76. The highest BCUT2D eigenvalue weighted by molar-refractivity contribution is 5.71. The van der Waals surface area contributed by atoms with Gasteiger partial charge < -0.3 is 9.84 Å². The number of hydrogen-bond donors (Lipinski definition) is 1. The van der Waals surface area contributed by atoms with Crippen molar-refractivity contribution in [2.24, 2.45) is 0 Å². The Morgan fingerprint density at radius 1 is 1.47 bits per heavy atom. The molecule has 0 aromatic heterocycles. The fourth-order valence-corrected chi connectivity index (χ4v) is 0.898. The zero-order valence-electron chi connectivity index (χ0n) is 8.43. The van der Waals surface area contributed by atoms with Crippen LogP contribution in [-0.2, 0) is 9.53 Å². The van der Waals surface area contributed by atoms with Gasteiger partial charge in [0.2, 0.25) is 0 Å². The summed E-state index contributed by atoms with van der Waals surface area (Å²) >= 11 is 0. The lowest BCUT2D eigenvalue weighted by Gasteiger charge is -2.03. The van der Waals surface area contributed by atoms with Gasteiger partial charge in [0, 0.05) is 5.56 Å². The van der Waals surface area contributed by atoms with Gasteiger partial charge in [-0.2, -0.15) is 0 Å². The number of carboxylic acids is 1. The van der Waals surface area contributed by atoms with Crippen molar-refractivity contribution >= 4 is 5.97 Å². The highest BCUT2D eigenvalue weighted by atomic mass is 16.5. The molecular weight excluding hydrogens is 192 g/mol. The minimum atomic E-state index is -0.975. The molecule has 1 N–H and O–H groups in total. The summed E-state index contributed by atoms with van der Waals surface area (Å²) in [7, 11) is 0. The van der Waals surface area contributed by atoms with Crippen LogP contribution < -0.4 is 0 Å². The summed E-state index contributed by atoms with van der Waals surface area (Å²) in [6, 6.07) is 9.46. The Kier molecular flexibility index (Phi) is 4.39. The molecule has 3 nitrogen and oxygen atoms in total. The van der Waals surface area contributed by atoms with Gasteiger partial charge in [-0.25, -0.2) is 4.79 Å². The van der Waals surface area contributed by atoms with E-state index in [4.69, 9.17) is 9.84 Å². The number of aliphatic carboxylic acids is 1. The van der Waals surface area contributed by atoms with E-state index in [1.165, 1.54) is 6.92 Å². The van der Waals surface area contributed by atoms with Gasteiger partial charge >= 0.3 is 5.97 Å². The van der Waals surface area contributed by atoms with Gasteiger partial charge in [0.25, 0.3) is 0 Å². The van der Waals surface area contributed by atoms with Crippen LogP contribution in [-0.4, -0.2) is 23.8 Å². The van der Waals surface area contributed by atoms with E-state index in [0.717, 1.165) is 5.56 Å². The Morgan fingerprint density at radius 2 is 2.13 bits per heavy atom. The highest BCUT2D eigenvalue weighted by Crippen LogP contribution is 1.95. The van der Waals surface area contributed by atoms with Gasteiger partial charge in [-0.15, -0.1) is 0 Å². The average molecular weight is 204 g/mol. The molecule has 0 radical (unpaired) electrons. The molecule has 0 spiro atoms. The Balaban J connectivity index is 2.38. The molecule has 0 aliphatic carbocycles. The summed E-state index contributed by atoms with van der Waals surface area (Å²) in [5, 5.41) is 8.53. The van der Waals surface area contributed by atoms with E-state index < -0.39 is 12.1 Å². The predicted molar refractivity (Wildman–Crippen MR) is 56.4 cm³/mol. The minimum Gasteiger partial charge on any atom is -0.479 e. The number of rotatable bonds is 3. The molecule has 0 amide bonds. The topological polar surface area (TPSA) is 46.5 Å². The van der Waals surface area contributed by atoms with E-state index in [9.17, 15) is 4.79 Å². The maximum Gasteiger partial charge on any atom is 0.332 e. The first-order chi connectivity index (χ1) is 7.20. The monoisotopic (exact) mass is 204 g/mol. The van der Waals surface area contributed by atoms with Crippen molar-refractivity contribution < 1.29 is 14.6 Å². The molecule has 0 saturated heterocycles. The second-order valence-corrected chi connectivity index (χ2v) is 2.96. The SMILES string of the molecule is C[C@@H](OCC#Cc1ccccc1)C(=O)O. The number of hydrogen-bond acceptors (Lipinski definition) is 2. The number of benzene rings is 1. The van der Waals surface area contributed by atoms with Crippen LogP contribution in [0.3, 0.4) is 0 Å². The zero-order valence-corrected chi connectivity index (χ0v) is 8.43. The van der Waals surface area contributed by atoms with Crippen LogP contribution in [0, 0.1) is 11.8 Å². The van der Waals surface area contributed by atoms with Crippen molar-refractivity contribution in [2.45, 2.75) is 13.0 Å². The van der Waals surface area contributed by atoms with Gasteiger partial charge in [0.1, 0.15) is 6.61 Å². The summed E-state index contributed by atoms with van der Waals surface area (Å²) in [5.41, 5.74) is 0.893. The van der Waals surface area contributed by atoms with Crippen LogP contribution in [0.25, 0.3) is 0 Å². The van der Waals surface area contributed by atoms with Gasteiger partial charge in [-0.05, 0) is 19.1 Å². The predicted octanol–water partition coefficient (Wildman–Crippen LogP) is 1.53. The van der Waals surface area contributed by atoms with Crippen molar-refractivity contribution in [2.75, 3.05) is 6.61 Å². The molecule has 0 heterocycles. The molecule has 1 atom stereocenters. The van der Waals surface area contributed by atoms with E-state index in [0.29, 0.717) is 0 Å². The Bertz CT molecular complexity index is 373. The van der Waals surface area contributed by atoms with Crippen LogP contribution >= 0.6 is 0 Å². The fraction of sp³-hybridized carbons (Fsp3) is 0.250. The summed E-state index contributed by atoms with van der Waals surface area (Å²) in [6.45, 7) is 1.61. The van der Waals surface area contributed by atoms with Crippen LogP contribution in [0.15, 0.2) is 30.3 Å². The molecule has 1 aromatic carbocycles. The smallest absolute Gasteiger partial charge is 0.332 e. The number of carboxylic acid groups (broad SMARTS) is 1. The largest absolute Gasteiger partial charge is 0.479 e. The van der Waals surface area contributed by atoms with Crippen molar-refractivity contribution in [3.63, 3.8) is 0 Å². The van der Waals surface area contributed by atoms with Crippen LogP contribution in [0.5, 0.6) is 0 Å². The normalized spacial score (nSPS) is 11.3. The molecule has 3 heteroatoms. The quantitative estimate of drug-likeness (QED) is 0.759. The summed E-state index contributed by atoms with van der Waals surface area (Å²) in [4.78, 5) is 10.4. The lowest BCUT2D eigenvalue weighted by molar-refractivity contribution is -0.148. The Hall–Kier alpha value is -1.79. The first kappa shape index (κ1) is 11.3. The van der Waals surface area contributed by atoms with E-state index in [1.54, 1.807) is 0 Å². The third kappa shape index (κ3) is 4.30. The van der Waals surface area contributed by atoms with Crippen LogP contribution in [0.2, 0.25) is 0 Å². The van der Waals surface area contributed by atoms with Crippen LogP contribution in [0.4, 0.5) is 0 Å². The maximum absolute atomic E-state index is 10.4. The summed E-state index contributed by atoms with van der Waals surface area (Å²) < 4.78 is 4.95. The number of ether oxygens (including phenoxy) is 1. The second-order valence-electron chi connectivity index (χ2n) is 2.96. The Labute approximate surface area is 88.7 Å². The standard InChI is InChI=1S/C12H12O3/c1-10(12(13)14)15-9-5-8-11-6-3-2-4-7-11/h2-4,6-7,10H,9H2,1H3,(H,13,14)/t10-/m1/s1.